The van der Waals surface area contributed by atoms with Gasteiger partial charge >= 0.3 is 6.18 Å². The van der Waals surface area contributed by atoms with Gasteiger partial charge in [-0.15, -0.1) is 0 Å². The molecule has 1 saturated carbocycles. The zero-order valence-electron chi connectivity index (χ0n) is 11.6. The van der Waals surface area contributed by atoms with E-state index < -0.39 is 28.9 Å². The molecule has 0 heterocycles. The van der Waals surface area contributed by atoms with Gasteiger partial charge in [-0.1, -0.05) is 11.6 Å². The Bertz CT molecular complexity index is 752. The Morgan fingerprint density at radius 2 is 2.05 bits per heavy atom. The van der Waals surface area contributed by atoms with Gasteiger partial charge in [0.25, 0.3) is 0 Å². The van der Waals surface area contributed by atoms with Crippen LogP contribution in [0.25, 0.3) is 5.57 Å². The monoisotopic (exact) mass is 327 g/mol. The Kier molecular flexibility index (Phi) is 2.62. The molecule has 2 bridgehead atoms. The maximum Gasteiger partial charge on any atom is 0.420 e. The highest BCUT2D eigenvalue weighted by Gasteiger charge is 2.59. The first-order chi connectivity index (χ1) is 10.2. The van der Waals surface area contributed by atoms with Crippen molar-refractivity contribution in [3.05, 3.63) is 33.9 Å². The van der Waals surface area contributed by atoms with E-state index in [-0.39, 0.29) is 10.6 Å². The van der Waals surface area contributed by atoms with E-state index in [1.54, 1.807) is 6.07 Å². The normalized spacial score (nSPS) is 29.8. The van der Waals surface area contributed by atoms with Gasteiger partial charge in [0.2, 0.25) is 0 Å². The van der Waals surface area contributed by atoms with Crippen molar-refractivity contribution >= 4 is 28.6 Å². The van der Waals surface area contributed by atoms with E-state index in [2.05, 4.69) is 0 Å². The van der Waals surface area contributed by atoms with Crippen molar-refractivity contribution in [3.63, 3.8) is 0 Å². The molecule has 2 N–H and O–H groups in total. The van der Waals surface area contributed by atoms with Crippen LogP contribution in [0, 0.1) is 11.3 Å². The van der Waals surface area contributed by atoms with Crippen molar-refractivity contribution in [3.8, 4) is 0 Å². The topological polar surface area (TPSA) is 43.1 Å². The molecule has 1 spiro atoms. The Labute approximate surface area is 130 Å². The number of ketones is 1. The molecule has 22 heavy (non-hydrogen) atoms. The minimum absolute atomic E-state index is 0.163. The minimum Gasteiger partial charge on any atom is -0.398 e. The molecule has 3 aliphatic carbocycles. The Balaban J connectivity index is 2.06. The Morgan fingerprint density at radius 3 is 2.73 bits per heavy atom. The number of halogens is 4. The van der Waals surface area contributed by atoms with Gasteiger partial charge in [0.15, 0.2) is 5.78 Å². The van der Waals surface area contributed by atoms with Gasteiger partial charge in [0.05, 0.1) is 10.7 Å². The van der Waals surface area contributed by atoms with Crippen molar-refractivity contribution in [2.24, 2.45) is 11.3 Å². The van der Waals surface area contributed by atoms with E-state index in [4.69, 9.17) is 17.3 Å². The molecule has 4 rings (SSSR count). The number of rotatable bonds is 0. The van der Waals surface area contributed by atoms with Crippen molar-refractivity contribution < 1.29 is 18.0 Å². The molecule has 116 valence electrons. The van der Waals surface area contributed by atoms with Crippen LogP contribution in [-0.2, 0) is 11.2 Å². The van der Waals surface area contributed by atoms with Crippen molar-refractivity contribution in [1.82, 2.24) is 0 Å². The zero-order chi connectivity index (χ0) is 15.9. The standard InChI is InChI=1S/C16H13ClF3NO/c17-10-4-9-8(3-11(10)21)6-15-2-1-7(5-15)14(22)13(12(9)15)16(18,19)20/h3-4,7H,1-2,5-6,21H2. The van der Waals surface area contributed by atoms with Crippen LogP contribution in [0.3, 0.4) is 0 Å². The molecule has 0 saturated heterocycles. The summed E-state index contributed by atoms with van der Waals surface area (Å²) < 4.78 is 40.6. The van der Waals surface area contributed by atoms with E-state index in [0.29, 0.717) is 36.9 Å². The molecule has 1 fully saturated rings. The first-order valence-corrected chi connectivity index (χ1v) is 7.55. The van der Waals surface area contributed by atoms with Crippen LogP contribution in [0.4, 0.5) is 18.9 Å². The summed E-state index contributed by atoms with van der Waals surface area (Å²) in [7, 11) is 0. The SMILES string of the molecule is Nc1cc2c(cc1Cl)C1=C(C(F)(F)F)C(=O)C3CCC1(C2)C3. The van der Waals surface area contributed by atoms with Crippen molar-refractivity contribution in [2.45, 2.75) is 31.9 Å². The third kappa shape index (κ3) is 1.66. The number of nitrogens with two attached hydrogens (primary N) is 1. The van der Waals surface area contributed by atoms with E-state index in [1.165, 1.54) is 6.07 Å². The smallest absolute Gasteiger partial charge is 0.398 e. The van der Waals surface area contributed by atoms with Gasteiger partial charge in [0, 0.05) is 11.3 Å². The highest BCUT2D eigenvalue weighted by molar-refractivity contribution is 6.33. The number of alkyl halides is 3. The van der Waals surface area contributed by atoms with Gasteiger partial charge in [-0.25, -0.2) is 0 Å². The zero-order valence-corrected chi connectivity index (χ0v) is 12.3. The molecule has 2 atom stereocenters. The maximum absolute atomic E-state index is 13.5. The van der Waals surface area contributed by atoms with E-state index in [1.807, 2.05) is 0 Å². The molecule has 1 aromatic rings. The molecule has 1 aromatic carbocycles. The predicted octanol–water partition coefficient (Wildman–Crippen LogP) is 4.16. The number of anilines is 1. The Hall–Kier alpha value is -1.49. The molecular weight excluding hydrogens is 315 g/mol. The molecule has 0 amide bonds. The molecular formula is C16H13ClF3NO. The summed E-state index contributed by atoms with van der Waals surface area (Å²) in [5.74, 6) is -1.25. The van der Waals surface area contributed by atoms with Crippen LogP contribution >= 0.6 is 11.6 Å². The highest BCUT2D eigenvalue weighted by Crippen LogP contribution is 2.64. The third-order valence-corrected chi connectivity index (χ3v) is 5.64. The molecule has 0 radical (unpaired) electrons. The summed E-state index contributed by atoms with van der Waals surface area (Å²) in [6.45, 7) is 0. The van der Waals surface area contributed by atoms with Crippen LogP contribution in [0.5, 0.6) is 0 Å². The van der Waals surface area contributed by atoms with Crippen LogP contribution < -0.4 is 5.73 Å². The van der Waals surface area contributed by atoms with Gasteiger partial charge < -0.3 is 5.73 Å². The second-order valence-electron chi connectivity index (χ2n) is 6.54. The predicted molar refractivity (Wildman–Crippen MR) is 77.3 cm³/mol. The Morgan fingerprint density at radius 1 is 1.32 bits per heavy atom. The minimum atomic E-state index is -4.63. The number of hydrogen-bond acceptors (Lipinski definition) is 2. The van der Waals surface area contributed by atoms with Gasteiger partial charge in [0.1, 0.15) is 5.57 Å². The molecule has 0 aromatic heterocycles. The fourth-order valence-electron chi connectivity index (χ4n) is 4.50. The quantitative estimate of drug-likeness (QED) is 0.727. The number of carbonyl (C=O) groups excluding carboxylic acids is 1. The molecule has 2 nitrogen and oxygen atoms in total. The highest BCUT2D eigenvalue weighted by atomic mass is 35.5. The van der Waals surface area contributed by atoms with Gasteiger partial charge in [-0.3, -0.25) is 4.79 Å². The first-order valence-electron chi connectivity index (χ1n) is 7.17. The number of fused-ring (bicyclic) bond motifs is 3. The van der Waals surface area contributed by atoms with Gasteiger partial charge in [-0.05, 0) is 54.5 Å². The lowest BCUT2D eigenvalue weighted by Crippen LogP contribution is -2.34. The first kappa shape index (κ1) is 14.1. The summed E-state index contributed by atoms with van der Waals surface area (Å²) >= 11 is 6.01. The lowest BCUT2D eigenvalue weighted by molar-refractivity contribution is -0.132. The van der Waals surface area contributed by atoms with Crippen molar-refractivity contribution in [2.75, 3.05) is 5.73 Å². The number of nitrogen functional groups attached to an aromatic ring is 1. The van der Waals surface area contributed by atoms with Crippen LogP contribution in [-0.4, -0.2) is 12.0 Å². The number of carbonyl (C=O) groups is 1. The molecule has 3 aliphatic rings. The number of benzene rings is 1. The second-order valence-corrected chi connectivity index (χ2v) is 6.95. The summed E-state index contributed by atoms with van der Waals surface area (Å²) in [6.07, 6.45) is -2.46. The average Bonchev–Trinajstić information content (AvgIpc) is 2.91. The second kappa shape index (κ2) is 4.07. The maximum atomic E-state index is 13.5. The van der Waals surface area contributed by atoms with Crippen molar-refractivity contribution in [1.29, 1.82) is 0 Å². The summed E-state index contributed by atoms with van der Waals surface area (Å²) in [5, 5.41) is 0.234. The van der Waals surface area contributed by atoms with E-state index >= 15 is 0 Å². The van der Waals surface area contributed by atoms with E-state index in [0.717, 1.165) is 5.56 Å². The number of Topliss-reactive ketones (excluding diaryl/α,β-unsaturated/α-hetero) is 1. The summed E-state index contributed by atoms with van der Waals surface area (Å²) in [6, 6.07) is 3.15. The molecule has 0 aliphatic heterocycles. The number of hydrogen-bond donors (Lipinski definition) is 1. The molecule has 2 unspecified atom stereocenters. The van der Waals surface area contributed by atoms with Crippen LogP contribution in [0.15, 0.2) is 17.7 Å². The lowest BCUT2D eigenvalue weighted by atomic mass is 9.71. The fourth-order valence-corrected chi connectivity index (χ4v) is 4.66. The van der Waals surface area contributed by atoms with Gasteiger partial charge in [-0.2, -0.15) is 13.2 Å². The third-order valence-electron chi connectivity index (χ3n) is 5.31. The van der Waals surface area contributed by atoms with Crippen LogP contribution in [0.1, 0.15) is 30.4 Å². The largest absolute Gasteiger partial charge is 0.420 e. The van der Waals surface area contributed by atoms with Crippen LogP contribution in [0.2, 0.25) is 5.02 Å². The lowest BCUT2D eigenvalue weighted by Gasteiger charge is -2.33. The number of allylic oxidation sites excluding steroid dienone is 2. The molecule has 6 heteroatoms. The summed E-state index contributed by atoms with van der Waals surface area (Å²) in [4.78, 5) is 12.3. The van der Waals surface area contributed by atoms with E-state index in [9.17, 15) is 18.0 Å². The summed E-state index contributed by atoms with van der Waals surface area (Å²) in [5.41, 5.74) is 6.02. The fraction of sp³-hybridized carbons (Fsp3) is 0.438. The average molecular weight is 328 g/mol.